The van der Waals surface area contributed by atoms with E-state index in [1.54, 1.807) is 37.4 Å². The highest BCUT2D eigenvalue weighted by molar-refractivity contribution is 7.92. The highest BCUT2D eigenvalue weighted by atomic mass is 32.2. The number of carbonyl (C=O) groups excluding carboxylic acids is 1. The van der Waals surface area contributed by atoms with Crippen LogP contribution in [0, 0.1) is 0 Å². The second kappa shape index (κ2) is 7.09. The van der Waals surface area contributed by atoms with Crippen LogP contribution in [0.5, 0.6) is 5.75 Å². The molecule has 0 saturated carbocycles. The van der Waals surface area contributed by atoms with Crippen molar-refractivity contribution < 1.29 is 17.9 Å². The molecule has 0 aliphatic heterocycles. The first kappa shape index (κ1) is 16.0. The molecule has 0 aliphatic rings. The van der Waals surface area contributed by atoms with Crippen molar-refractivity contribution in [1.29, 1.82) is 0 Å². The molecule has 0 saturated heterocycles. The smallest absolute Gasteiger partial charge is 0.235 e. The van der Waals surface area contributed by atoms with Crippen LogP contribution in [0.3, 0.4) is 0 Å². The Kier molecular flexibility index (Phi) is 5.16. The Morgan fingerprint density at radius 1 is 1.05 bits per heavy atom. The van der Waals surface area contributed by atoms with Gasteiger partial charge in [-0.1, -0.05) is 30.3 Å². The Hall–Kier alpha value is -2.34. The molecule has 1 amide bonds. The molecule has 1 N–H and O–H groups in total. The first-order chi connectivity index (χ1) is 10.5. The van der Waals surface area contributed by atoms with Gasteiger partial charge in [0, 0.05) is 6.54 Å². The first-order valence-corrected chi connectivity index (χ1v) is 8.34. The number of rotatable bonds is 6. The summed E-state index contributed by atoms with van der Waals surface area (Å²) >= 11 is 0. The minimum absolute atomic E-state index is 0.148. The van der Waals surface area contributed by atoms with Crippen LogP contribution < -0.4 is 10.1 Å². The molecule has 0 atom stereocenters. The molecule has 116 valence electrons. The Bertz CT molecular complexity index is 725. The predicted molar refractivity (Wildman–Crippen MR) is 83.3 cm³/mol. The molecule has 2 aromatic carbocycles. The fourth-order valence-corrected chi connectivity index (χ4v) is 3.06. The molecule has 0 unspecified atom stereocenters. The molecule has 0 spiro atoms. The highest BCUT2D eigenvalue weighted by Gasteiger charge is 2.18. The number of nitrogens with one attached hydrogen (secondary N) is 1. The van der Waals surface area contributed by atoms with E-state index in [4.69, 9.17) is 4.74 Å². The monoisotopic (exact) mass is 319 g/mol. The van der Waals surface area contributed by atoms with Crippen LogP contribution in [0.2, 0.25) is 0 Å². The van der Waals surface area contributed by atoms with Gasteiger partial charge in [0.1, 0.15) is 11.5 Å². The zero-order chi connectivity index (χ0) is 16.0. The second-order valence-corrected chi connectivity index (χ2v) is 6.69. The van der Waals surface area contributed by atoms with Crippen molar-refractivity contribution in [3.05, 3.63) is 60.2 Å². The molecular formula is C16H17NO4S. The van der Waals surface area contributed by atoms with Gasteiger partial charge in [-0.2, -0.15) is 0 Å². The molecule has 0 heterocycles. The summed E-state index contributed by atoms with van der Waals surface area (Å²) in [5.41, 5.74) is 0.867. The second-order valence-electron chi connectivity index (χ2n) is 4.70. The Morgan fingerprint density at radius 3 is 2.27 bits per heavy atom. The van der Waals surface area contributed by atoms with E-state index in [-0.39, 0.29) is 11.4 Å². The summed E-state index contributed by atoms with van der Waals surface area (Å²) in [6, 6.07) is 15.1. The maximum atomic E-state index is 12.1. The Morgan fingerprint density at radius 2 is 1.68 bits per heavy atom. The van der Waals surface area contributed by atoms with E-state index in [1.165, 1.54) is 12.1 Å². The van der Waals surface area contributed by atoms with Gasteiger partial charge in [0.15, 0.2) is 9.84 Å². The van der Waals surface area contributed by atoms with Gasteiger partial charge in [0.25, 0.3) is 0 Å². The quantitative estimate of drug-likeness (QED) is 0.881. The normalized spacial score (nSPS) is 11.0. The maximum absolute atomic E-state index is 12.1. The molecule has 0 aromatic heterocycles. The van der Waals surface area contributed by atoms with Gasteiger partial charge in [-0.3, -0.25) is 4.79 Å². The summed E-state index contributed by atoms with van der Waals surface area (Å²) in [6.45, 7) is 0.271. The number of carbonyl (C=O) groups is 1. The van der Waals surface area contributed by atoms with Gasteiger partial charge in [-0.15, -0.1) is 0 Å². The number of hydrogen-bond donors (Lipinski definition) is 1. The molecule has 0 aliphatic carbocycles. The summed E-state index contributed by atoms with van der Waals surface area (Å²) in [5, 5.41) is 2.60. The van der Waals surface area contributed by atoms with Crippen LogP contribution in [-0.4, -0.2) is 27.2 Å². The molecule has 0 fully saturated rings. The zero-order valence-corrected chi connectivity index (χ0v) is 13.0. The molecule has 6 heteroatoms. The Balaban J connectivity index is 1.92. The first-order valence-electron chi connectivity index (χ1n) is 6.69. The van der Waals surface area contributed by atoms with Crippen LogP contribution in [0.15, 0.2) is 59.5 Å². The van der Waals surface area contributed by atoms with Crippen molar-refractivity contribution >= 4 is 15.7 Å². The summed E-state index contributed by atoms with van der Waals surface area (Å²) in [5.74, 6) is -0.367. The third kappa shape index (κ3) is 4.33. The lowest BCUT2D eigenvalue weighted by Gasteiger charge is -2.07. The van der Waals surface area contributed by atoms with Crippen LogP contribution in [-0.2, 0) is 21.2 Å². The van der Waals surface area contributed by atoms with Crippen molar-refractivity contribution in [2.45, 2.75) is 11.4 Å². The third-order valence-corrected chi connectivity index (χ3v) is 4.70. The van der Waals surface area contributed by atoms with Crippen LogP contribution in [0.4, 0.5) is 0 Å². The maximum Gasteiger partial charge on any atom is 0.235 e. The molecule has 2 rings (SSSR count). The summed E-state index contributed by atoms with van der Waals surface area (Å²) < 4.78 is 29.2. The van der Waals surface area contributed by atoms with Crippen LogP contribution in [0.25, 0.3) is 0 Å². The summed E-state index contributed by atoms with van der Waals surface area (Å²) in [6.07, 6.45) is 0. The molecular weight excluding hydrogens is 302 g/mol. The average Bonchev–Trinajstić information content (AvgIpc) is 2.54. The van der Waals surface area contributed by atoms with Gasteiger partial charge < -0.3 is 10.1 Å². The van der Waals surface area contributed by atoms with E-state index in [1.807, 2.05) is 12.1 Å². The minimum atomic E-state index is -3.61. The minimum Gasteiger partial charge on any atom is -0.497 e. The molecule has 2 aromatic rings. The lowest BCUT2D eigenvalue weighted by molar-refractivity contribution is -0.118. The molecule has 0 radical (unpaired) electrons. The average molecular weight is 319 g/mol. The van der Waals surface area contributed by atoms with Crippen molar-refractivity contribution in [3.63, 3.8) is 0 Å². The third-order valence-electron chi connectivity index (χ3n) is 3.07. The lowest BCUT2D eigenvalue weighted by atomic mass is 10.2. The SMILES string of the molecule is COc1ccc(CNC(=O)CS(=O)(=O)c2ccccc2)cc1. The number of methoxy groups -OCH3 is 1. The van der Waals surface area contributed by atoms with E-state index in [0.717, 1.165) is 11.3 Å². The number of benzene rings is 2. The van der Waals surface area contributed by atoms with Gasteiger partial charge in [-0.25, -0.2) is 8.42 Å². The van der Waals surface area contributed by atoms with Crippen molar-refractivity contribution in [2.75, 3.05) is 12.9 Å². The van der Waals surface area contributed by atoms with Gasteiger partial charge >= 0.3 is 0 Å². The topological polar surface area (TPSA) is 72.5 Å². The number of sulfone groups is 1. The van der Waals surface area contributed by atoms with Gasteiger partial charge in [-0.05, 0) is 29.8 Å². The number of ether oxygens (including phenoxy) is 1. The number of hydrogen-bond acceptors (Lipinski definition) is 4. The van der Waals surface area contributed by atoms with E-state index in [9.17, 15) is 13.2 Å². The fourth-order valence-electron chi connectivity index (χ4n) is 1.88. The summed E-state index contributed by atoms with van der Waals surface area (Å²) in [4.78, 5) is 12.0. The van der Waals surface area contributed by atoms with E-state index in [0.29, 0.717) is 0 Å². The molecule has 22 heavy (non-hydrogen) atoms. The zero-order valence-electron chi connectivity index (χ0n) is 12.2. The van der Waals surface area contributed by atoms with E-state index < -0.39 is 21.5 Å². The van der Waals surface area contributed by atoms with Crippen molar-refractivity contribution in [3.8, 4) is 5.75 Å². The van der Waals surface area contributed by atoms with E-state index >= 15 is 0 Å². The highest BCUT2D eigenvalue weighted by Crippen LogP contribution is 2.12. The van der Waals surface area contributed by atoms with Crippen LogP contribution >= 0.6 is 0 Å². The lowest BCUT2D eigenvalue weighted by Crippen LogP contribution is -2.29. The fraction of sp³-hybridized carbons (Fsp3) is 0.188. The van der Waals surface area contributed by atoms with Crippen molar-refractivity contribution in [2.24, 2.45) is 0 Å². The molecule has 5 nitrogen and oxygen atoms in total. The molecule has 0 bridgehead atoms. The largest absolute Gasteiger partial charge is 0.497 e. The van der Waals surface area contributed by atoms with Gasteiger partial charge in [0.05, 0.1) is 12.0 Å². The van der Waals surface area contributed by atoms with E-state index in [2.05, 4.69) is 5.32 Å². The number of amides is 1. The van der Waals surface area contributed by atoms with Gasteiger partial charge in [0.2, 0.25) is 5.91 Å². The van der Waals surface area contributed by atoms with Crippen LogP contribution in [0.1, 0.15) is 5.56 Å². The summed E-state index contributed by atoms with van der Waals surface area (Å²) in [7, 11) is -2.03. The Labute approximate surface area is 129 Å². The predicted octanol–water partition coefficient (Wildman–Crippen LogP) is 1.79. The van der Waals surface area contributed by atoms with Crippen molar-refractivity contribution in [1.82, 2.24) is 5.32 Å². The standard InChI is InChI=1S/C16H17NO4S/c1-21-14-9-7-13(8-10-14)11-17-16(18)12-22(19,20)15-5-3-2-4-6-15/h2-10H,11-12H2,1H3,(H,17,18).